The summed E-state index contributed by atoms with van der Waals surface area (Å²) in [4.78, 5) is 0. The van der Waals surface area contributed by atoms with E-state index in [-0.39, 0.29) is 13.2 Å². The Morgan fingerprint density at radius 1 is 0.677 bits per heavy atom. The van der Waals surface area contributed by atoms with Gasteiger partial charge in [-0.05, 0) is 41.8 Å². The van der Waals surface area contributed by atoms with Crippen LogP contribution < -0.4 is 9.05 Å². The van der Waals surface area contributed by atoms with Crippen molar-refractivity contribution in [2.45, 2.75) is 6.42 Å². The summed E-state index contributed by atoms with van der Waals surface area (Å²) in [5.41, 5.74) is 2.04. The van der Waals surface area contributed by atoms with Crippen LogP contribution in [-0.4, -0.2) is 13.2 Å². The van der Waals surface area contributed by atoms with E-state index in [4.69, 9.17) is 18.1 Å². The number of phosphoric ester groups is 1. The Balaban J connectivity index is 2.03. The number of hydrogen-bond donors (Lipinski definition) is 0. The molecule has 0 N–H and O–H groups in total. The van der Waals surface area contributed by atoms with Gasteiger partial charge in [0.15, 0.2) is 0 Å². The van der Waals surface area contributed by atoms with Gasteiger partial charge in [0.25, 0.3) is 7.37 Å². The first-order valence-electron chi connectivity index (χ1n) is 9.40. The second kappa shape index (κ2) is 11.7. The lowest BCUT2D eigenvalue weighted by molar-refractivity contribution is 0.180. The summed E-state index contributed by atoms with van der Waals surface area (Å²) >= 11 is 0. The zero-order chi connectivity index (χ0) is 22.7. The average Bonchev–Trinajstić information content (AvgIpc) is 2.79. The van der Waals surface area contributed by atoms with Gasteiger partial charge in [-0.25, -0.2) is 4.57 Å². The van der Waals surface area contributed by atoms with Gasteiger partial charge in [-0.2, -0.15) is 0 Å². The van der Waals surface area contributed by atoms with Gasteiger partial charge in [-0.3, -0.25) is 13.6 Å². The molecule has 2 rings (SSSR count). The maximum Gasteiger partial charge on any atom is 0.530 e. The van der Waals surface area contributed by atoms with Crippen LogP contribution in [0.1, 0.15) is 11.1 Å². The number of rotatable bonds is 14. The highest BCUT2D eigenvalue weighted by molar-refractivity contribution is 7.65. The third kappa shape index (κ3) is 7.86. The van der Waals surface area contributed by atoms with Gasteiger partial charge in [0.1, 0.15) is 11.5 Å². The molecule has 2 aromatic rings. The molecule has 0 aliphatic heterocycles. The minimum atomic E-state index is -3.78. The molecular weight excluding hydrogens is 434 g/mol. The molecule has 0 aromatic heterocycles. The van der Waals surface area contributed by atoms with Gasteiger partial charge < -0.3 is 9.05 Å². The maximum atomic E-state index is 12.6. The van der Waals surface area contributed by atoms with Crippen molar-refractivity contribution >= 4 is 15.2 Å². The Hall–Kier alpha value is -2.62. The van der Waals surface area contributed by atoms with Crippen LogP contribution in [0, 0.1) is 0 Å². The Labute approximate surface area is 183 Å². The van der Waals surface area contributed by atoms with Crippen molar-refractivity contribution in [2.75, 3.05) is 13.2 Å². The lowest BCUT2D eigenvalue weighted by Gasteiger charge is -2.17. The summed E-state index contributed by atoms with van der Waals surface area (Å²) in [6.45, 7) is 14.2. The van der Waals surface area contributed by atoms with Crippen LogP contribution in [0.2, 0.25) is 0 Å². The van der Waals surface area contributed by atoms with Crippen molar-refractivity contribution < 1.29 is 27.2 Å². The molecule has 164 valence electrons. The van der Waals surface area contributed by atoms with Gasteiger partial charge in [0, 0.05) is 11.6 Å². The lowest BCUT2D eigenvalue weighted by Crippen LogP contribution is -2.03. The zero-order valence-corrected chi connectivity index (χ0v) is 19.0. The molecule has 31 heavy (non-hydrogen) atoms. The topological polar surface area (TPSA) is 71.1 Å². The van der Waals surface area contributed by atoms with E-state index in [1.54, 1.807) is 24.3 Å². The molecule has 0 radical (unpaired) electrons. The molecule has 0 aliphatic rings. The minimum absolute atomic E-state index is 0.0290. The molecule has 0 atom stereocenters. The van der Waals surface area contributed by atoms with Crippen LogP contribution in [-0.2, 0) is 24.6 Å². The molecule has 2 aromatic carbocycles. The third-order valence-electron chi connectivity index (χ3n) is 3.93. The molecule has 8 heteroatoms. The fourth-order valence-electron chi connectivity index (χ4n) is 2.39. The molecule has 0 bridgehead atoms. The van der Waals surface area contributed by atoms with Crippen molar-refractivity contribution in [3.63, 3.8) is 0 Å². The van der Waals surface area contributed by atoms with Crippen molar-refractivity contribution in [1.82, 2.24) is 0 Å². The summed E-state index contributed by atoms with van der Waals surface area (Å²) in [7, 11) is -6.84. The van der Waals surface area contributed by atoms with Crippen LogP contribution in [0.4, 0.5) is 0 Å². The van der Waals surface area contributed by atoms with E-state index in [0.717, 1.165) is 11.1 Å². The van der Waals surface area contributed by atoms with E-state index in [1.807, 2.05) is 24.3 Å². The van der Waals surface area contributed by atoms with E-state index in [0.29, 0.717) is 17.9 Å². The first-order valence-corrected chi connectivity index (χ1v) is 12.6. The van der Waals surface area contributed by atoms with Crippen molar-refractivity contribution in [1.29, 1.82) is 0 Å². The van der Waals surface area contributed by atoms with Gasteiger partial charge in [0.05, 0.1) is 13.2 Å². The van der Waals surface area contributed by atoms with Crippen LogP contribution in [0.5, 0.6) is 11.5 Å². The van der Waals surface area contributed by atoms with E-state index in [2.05, 4.69) is 26.3 Å². The molecule has 0 heterocycles. The summed E-state index contributed by atoms with van der Waals surface area (Å²) < 4.78 is 46.1. The summed E-state index contributed by atoms with van der Waals surface area (Å²) in [5.74, 6) is 3.36. The average molecular weight is 460 g/mol. The number of phosphoric acid groups is 1. The third-order valence-corrected chi connectivity index (χ3v) is 6.81. The lowest BCUT2D eigenvalue weighted by atomic mass is 10.1. The van der Waals surface area contributed by atoms with Gasteiger partial charge in [0.2, 0.25) is 0 Å². The monoisotopic (exact) mass is 460 g/mol. The second-order valence-electron chi connectivity index (χ2n) is 6.27. The fraction of sp³-hybridized carbons (Fsp3) is 0.130. The molecule has 0 saturated heterocycles. The Morgan fingerprint density at radius 2 is 1.10 bits per heavy atom. The van der Waals surface area contributed by atoms with Crippen molar-refractivity contribution in [2.24, 2.45) is 0 Å². The SMILES string of the molecule is C=CCOP(=O)(OCC=C)Oc1ccc(Cc2ccc(OP(=O)(C=C)C=C)cc2)cc1. The standard InChI is InChI=1S/C23H26O6P2/c1-5-17-26-31(25,27-18-6-2)29-23-15-11-21(12-16-23)19-20-9-13-22(14-10-20)28-30(24,7-3)8-4/h5-16H,1-4,17-19H2. The maximum absolute atomic E-state index is 12.6. The Bertz CT molecular complexity index is 968. The Kier molecular flexibility index (Phi) is 9.29. The zero-order valence-electron chi connectivity index (χ0n) is 17.2. The van der Waals surface area contributed by atoms with E-state index < -0.39 is 15.2 Å². The van der Waals surface area contributed by atoms with Crippen LogP contribution in [0.15, 0.2) is 98.6 Å². The van der Waals surface area contributed by atoms with Crippen LogP contribution >= 0.6 is 15.2 Å². The number of benzene rings is 2. The van der Waals surface area contributed by atoms with Crippen LogP contribution in [0.3, 0.4) is 0 Å². The molecule has 0 spiro atoms. The molecule has 0 saturated carbocycles. The first kappa shape index (κ1) is 24.6. The molecule has 0 unspecified atom stereocenters. The van der Waals surface area contributed by atoms with E-state index in [1.165, 1.54) is 23.8 Å². The second-order valence-corrected chi connectivity index (χ2v) is 10.1. The Morgan fingerprint density at radius 3 is 1.48 bits per heavy atom. The summed E-state index contributed by atoms with van der Waals surface area (Å²) in [6.07, 6.45) is 3.57. The molecular formula is C23H26O6P2. The van der Waals surface area contributed by atoms with Crippen molar-refractivity contribution in [3.05, 3.63) is 110 Å². The molecule has 0 aliphatic carbocycles. The first-order chi connectivity index (χ1) is 14.8. The quantitative estimate of drug-likeness (QED) is 0.221. The molecule has 6 nitrogen and oxygen atoms in total. The molecule has 0 amide bonds. The predicted octanol–water partition coefficient (Wildman–Crippen LogP) is 7.11. The summed E-state index contributed by atoms with van der Waals surface area (Å²) in [5, 5.41) is 0. The van der Waals surface area contributed by atoms with Gasteiger partial charge in [-0.15, -0.1) is 13.2 Å². The van der Waals surface area contributed by atoms with E-state index >= 15 is 0 Å². The largest absolute Gasteiger partial charge is 0.530 e. The van der Waals surface area contributed by atoms with Crippen molar-refractivity contribution in [3.8, 4) is 11.5 Å². The van der Waals surface area contributed by atoms with Crippen LogP contribution in [0.25, 0.3) is 0 Å². The van der Waals surface area contributed by atoms with Gasteiger partial charge in [-0.1, -0.05) is 49.6 Å². The van der Waals surface area contributed by atoms with E-state index in [9.17, 15) is 9.13 Å². The highest BCUT2D eigenvalue weighted by Crippen LogP contribution is 2.50. The number of hydrogen-bond acceptors (Lipinski definition) is 6. The van der Waals surface area contributed by atoms with Gasteiger partial charge >= 0.3 is 7.82 Å². The normalized spacial score (nSPS) is 11.4. The molecule has 0 fully saturated rings. The predicted molar refractivity (Wildman–Crippen MR) is 125 cm³/mol. The smallest absolute Gasteiger partial charge is 0.438 e. The highest BCUT2D eigenvalue weighted by atomic mass is 31.2. The minimum Gasteiger partial charge on any atom is -0.438 e. The highest BCUT2D eigenvalue weighted by Gasteiger charge is 2.27. The fourth-order valence-corrected chi connectivity index (χ4v) is 4.28. The summed E-state index contributed by atoms with van der Waals surface area (Å²) in [6, 6.07) is 14.4.